The van der Waals surface area contributed by atoms with Crippen molar-refractivity contribution in [1.29, 1.82) is 0 Å². The number of hydrogen-bond acceptors (Lipinski definition) is 6. The van der Waals surface area contributed by atoms with Crippen molar-refractivity contribution in [3.8, 4) is 17.2 Å². The van der Waals surface area contributed by atoms with Crippen LogP contribution in [-0.2, 0) is 19.1 Å². The van der Waals surface area contributed by atoms with Crippen molar-refractivity contribution in [1.82, 2.24) is 0 Å². The Balaban J connectivity index is 1.29. The molecule has 1 aliphatic rings. The van der Waals surface area contributed by atoms with Gasteiger partial charge in [-0.15, -0.1) is 0 Å². The number of rotatable bonds is 8. The van der Waals surface area contributed by atoms with Gasteiger partial charge in [-0.2, -0.15) is 0 Å². The Bertz CT molecular complexity index is 1260. The molecule has 36 heavy (non-hydrogen) atoms. The van der Waals surface area contributed by atoms with Crippen LogP contribution in [0.15, 0.2) is 66.7 Å². The molecular weight excluding hydrogens is 484 g/mol. The zero-order valence-electron chi connectivity index (χ0n) is 19.8. The van der Waals surface area contributed by atoms with E-state index in [-0.39, 0.29) is 18.9 Å². The molecule has 186 valence electrons. The largest absolute Gasteiger partial charge is 0.497 e. The molecule has 9 heteroatoms. The van der Waals surface area contributed by atoms with E-state index < -0.39 is 24.4 Å². The summed E-state index contributed by atoms with van der Waals surface area (Å²) >= 11 is 6.06. The molecule has 0 aliphatic carbocycles. The van der Waals surface area contributed by atoms with Crippen molar-refractivity contribution in [2.45, 2.75) is 13.3 Å². The zero-order valence-corrected chi connectivity index (χ0v) is 20.6. The molecule has 0 radical (unpaired) electrons. The number of esters is 1. The minimum absolute atomic E-state index is 0.0119. The first kappa shape index (κ1) is 25.1. The third kappa shape index (κ3) is 5.95. The Morgan fingerprint density at radius 1 is 1.00 bits per heavy atom. The number of anilines is 2. The molecule has 2 amide bonds. The van der Waals surface area contributed by atoms with E-state index in [0.717, 1.165) is 11.3 Å². The minimum atomic E-state index is -0.659. The van der Waals surface area contributed by atoms with Gasteiger partial charge in [0.25, 0.3) is 5.91 Å². The molecule has 1 fully saturated rings. The van der Waals surface area contributed by atoms with Crippen molar-refractivity contribution in [2.24, 2.45) is 5.92 Å². The maximum absolute atomic E-state index is 12.6. The first-order valence-electron chi connectivity index (χ1n) is 11.3. The van der Waals surface area contributed by atoms with Crippen LogP contribution in [0.1, 0.15) is 12.0 Å². The molecule has 0 bridgehead atoms. The van der Waals surface area contributed by atoms with E-state index in [9.17, 15) is 14.4 Å². The predicted octanol–water partition coefficient (Wildman–Crippen LogP) is 4.98. The van der Waals surface area contributed by atoms with Gasteiger partial charge in [0.05, 0.1) is 13.0 Å². The quantitative estimate of drug-likeness (QED) is 0.431. The highest BCUT2D eigenvalue weighted by Crippen LogP contribution is 2.30. The lowest BCUT2D eigenvalue weighted by Gasteiger charge is -2.17. The number of ether oxygens (including phenoxy) is 3. The number of carbonyl (C=O) groups excluding carboxylic acids is 3. The molecule has 1 heterocycles. The predicted molar refractivity (Wildman–Crippen MR) is 136 cm³/mol. The Morgan fingerprint density at radius 3 is 2.31 bits per heavy atom. The Hall–Kier alpha value is -4.04. The van der Waals surface area contributed by atoms with Gasteiger partial charge in [0, 0.05) is 29.4 Å². The fraction of sp³-hybridized carbons (Fsp3) is 0.222. The molecule has 4 rings (SSSR count). The fourth-order valence-electron chi connectivity index (χ4n) is 3.77. The lowest BCUT2D eigenvalue weighted by molar-refractivity contribution is -0.151. The maximum atomic E-state index is 12.6. The summed E-state index contributed by atoms with van der Waals surface area (Å²) in [7, 11) is 1.60. The molecule has 1 atom stereocenters. The standard InChI is InChI=1S/C27H25ClN2O6/c1-17-23(28)4-3-5-24(17)29-25(31)16-35-27(33)18-14-26(32)30(15-18)19-6-8-21(9-7-19)36-22-12-10-20(34-2)11-13-22/h3-13,18H,14-16H2,1-2H3,(H,29,31)/t18-/m1/s1. The second kappa shape index (κ2) is 11.1. The first-order valence-corrected chi connectivity index (χ1v) is 11.7. The normalized spacial score (nSPS) is 14.9. The fourth-order valence-corrected chi connectivity index (χ4v) is 3.95. The van der Waals surface area contributed by atoms with Crippen LogP contribution in [0.4, 0.5) is 11.4 Å². The molecule has 0 aromatic heterocycles. The van der Waals surface area contributed by atoms with E-state index in [0.29, 0.717) is 27.9 Å². The van der Waals surface area contributed by atoms with Crippen LogP contribution < -0.4 is 19.7 Å². The van der Waals surface area contributed by atoms with Crippen LogP contribution >= 0.6 is 11.6 Å². The molecule has 1 N–H and O–H groups in total. The van der Waals surface area contributed by atoms with Gasteiger partial charge in [0.2, 0.25) is 5.91 Å². The second-order valence-corrected chi connectivity index (χ2v) is 8.65. The van der Waals surface area contributed by atoms with Gasteiger partial charge in [-0.3, -0.25) is 14.4 Å². The number of halogens is 1. The van der Waals surface area contributed by atoms with Crippen LogP contribution in [0.25, 0.3) is 0 Å². The molecular formula is C27H25ClN2O6. The van der Waals surface area contributed by atoms with Gasteiger partial charge in [-0.05, 0) is 73.2 Å². The van der Waals surface area contributed by atoms with Crippen molar-refractivity contribution >= 4 is 40.8 Å². The van der Waals surface area contributed by atoms with E-state index in [1.807, 2.05) is 0 Å². The third-order valence-corrected chi connectivity index (χ3v) is 6.20. The molecule has 3 aromatic carbocycles. The molecule has 1 saturated heterocycles. The highest BCUT2D eigenvalue weighted by atomic mass is 35.5. The SMILES string of the molecule is COc1ccc(Oc2ccc(N3C[C@H](C(=O)OCC(=O)Nc4cccc(Cl)c4C)CC3=O)cc2)cc1. The van der Waals surface area contributed by atoms with E-state index in [2.05, 4.69) is 5.32 Å². The van der Waals surface area contributed by atoms with E-state index in [4.69, 9.17) is 25.8 Å². The summed E-state index contributed by atoms with van der Waals surface area (Å²) in [5.74, 6) is 0.0552. The Kier molecular flexibility index (Phi) is 7.75. The summed E-state index contributed by atoms with van der Waals surface area (Å²) in [6.07, 6.45) is 0.0119. The van der Waals surface area contributed by atoms with Gasteiger partial charge < -0.3 is 24.4 Å². The average Bonchev–Trinajstić information content (AvgIpc) is 3.28. The summed E-state index contributed by atoms with van der Waals surface area (Å²) in [5.41, 5.74) is 1.91. The Morgan fingerprint density at radius 2 is 1.64 bits per heavy atom. The van der Waals surface area contributed by atoms with Crippen molar-refractivity contribution < 1.29 is 28.6 Å². The number of amides is 2. The summed E-state index contributed by atoms with van der Waals surface area (Å²) in [5, 5.41) is 3.20. The lowest BCUT2D eigenvalue weighted by Crippen LogP contribution is -2.28. The summed E-state index contributed by atoms with van der Waals surface area (Å²) in [4.78, 5) is 38.8. The second-order valence-electron chi connectivity index (χ2n) is 8.25. The Labute approximate surface area is 213 Å². The highest BCUT2D eigenvalue weighted by Gasteiger charge is 2.36. The topological polar surface area (TPSA) is 94.2 Å². The van der Waals surface area contributed by atoms with Crippen LogP contribution in [0.2, 0.25) is 5.02 Å². The van der Waals surface area contributed by atoms with Crippen molar-refractivity contribution in [2.75, 3.05) is 30.5 Å². The summed E-state index contributed by atoms with van der Waals surface area (Å²) in [6, 6.07) is 19.3. The monoisotopic (exact) mass is 508 g/mol. The van der Waals surface area contributed by atoms with Crippen molar-refractivity contribution in [3.05, 3.63) is 77.3 Å². The van der Waals surface area contributed by atoms with Gasteiger partial charge in [0.15, 0.2) is 6.61 Å². The summed E-state index contributed by atoms with van der Waals surface area (Å²) < 4.78 is 16.1. The first-order chi connectivity index (χ1) is 17.3. The zero-order chi connectivity index (χ0) is 25.7. The number of nitrogens with one attached hydrogen (secondary N) is 1. The van der Waals surface area contributed by atoms with E-state index >= 15 is 0 Å². The third-order valence-electron chi connectivity index (χ3n) is 5.79. The van der Waals surface area contributed by atoms with Crippen molar-refractivity contribution in [3.63, 3.8) is 0 Å². The minimum Gasteiger partial charge on any atom is -0.497 e. The molecule has 0 spiro atoms. The number of methoxy groups -OCH3 is 1. The molecule has 0 unspecified atom stereocenters. The number of carbonyl (C=O) groups is 3. The van der Waals surface area contributed by atoms with Crippen LogP contribution in [0.3, 0.4) is 0 Å². The van der Waals surface area contributed by atoms with Crippen LogP contribution in [0, 0.1) is 12.8 Å². The average molecular weight is 509 g/mol. The van der Waals surface area contributed by atoms with Gasteiger partial charge >= 0.3 is 5.97 Å². The molecule has 0 saturated carbocycles. The number of benzene rings is 3. The van der Waals surface area contributed by atoms with Crippen LogP contribution in [0.5, 0.6) is 17.2 Å². The summed E-state index contributed by atoms with van der Waals surface area (Å²) in [6.45, 7) is 1.50. The number of nitrogens with zero attached hydrogens (tertiary/aromatic N) is 1. The number of hydrogen-bond donors (Lipinski definition) is 1. The van der Waals surface area contributed by atoms with Gasteiger partial charge in [-0.1, -0.05) is 17.7 Å². The van der Waals surface area contributed by atoms with Crippen LogP contribution in [-0.4, -0.2) is 38.0 Å². The molecule has 1 aliphatic heterocycles. The highest BCUT2D eigenvalue weighted by molar-refractivity contribution is 6.31. The smallest absolute Gasteiger partial charge is 0.311 e. The molecule has 8 nitrogen and oxygen atoms in total. The maximum Gasteiger partial charge on any atom is 0.311 e. The molecule has 3 aromatic rings. The van der Waals surface area contributed by atoms with E-state index in [1.54, 1.807) is 80.8 Å². The van der Waals surface area contributed by atoms with Gasteiger partial charge in [0.1, 0.15) is 17.2 Å². The lowest BCUT2D eigenvalue weighted by atomic mass is 10.1. The van der Waals surface area contributed by atoms with Gasteiger partial charge in [-0.25, -0.2) is 0 Å². The van der Waals surface area contributed by atoms with E-state index in [1.165, 1.54) is 4.90 Å².